The maximum Gasteiger partial charge on any atom is 0.220 e. The smallest absolute Gasteiger partial charge is 0.220 e. The summed E-state index contributed by atoms with van der Waals surface area (Å²) in [7, 11) is 1.64. The van der Waals surface area contributed by atoms with Crippen LogP contribution >= 0.6 is 0 Å². The summed E-state index contributed by atoms with van der Waals surface area (Å²) in [5, 5.41) is 2.87. The first-order chi connectivity index (χ1) is 10.3. The molecule has 118 valence electrons. The van der Waals surface area contributed by atoms with Crippen LogP contribution in [-0.4, -0.2) is 54.1 Å². The van der Waals surface area contributed by atoms with Crippen LogP contribution in [0.4, 0.5) is 0 Å². The van der Waals surface area contributed by atoms with Crippen molar-refractivity contribution in [1.82, 2.24) is 20.2 Å². The third kappa shape index (κ3) is 5.85. The maximum absolute atomic E-state index is 11.6. The number of aromatic nitrogens is 2. The molecule has 0 spiro atoms. The number of rotatable bonds is 8. The summed E-state index contributed by atoms with van der Waals surface area (Å²) in [6.07, 6.45) is 7.63. The molecule has 0 radical (unpaired) electrons. The molecule has 0 aromatic carbocycles. The summed E-state index contributed by atoms with van der Waals surface area (Å²) in [6, 6.07) is 0. The molecule has 1 fully saturated rings. The van der Waals surface area contributed by atoms with E-state index in [1.54, 1.807) is 13.3 Å². The molecule has 1 aliphatic rings. The molecule has 21 heavy (non-hydrogen) atoms. The highest BCUT2D eigenvalue weighted by molar-refractivity contribution is 5.75. The lowest BCUT2D eigenvalue weighted by atomic mass is 9.92. The topological polar surface area (TPSA) is 70.2 Å². The van der Waals surface area contributed by atoms with Crippen LogP contribution in [0, 0.1) is 5.92 Å². The van der Waals surface area contributed by atoms with E-state index in [9.17, 15) is 4.79 Å². The molecule has 6 heteroatoms. The summed E-state index contributed by atoms with van der Waals surface area (Å²) in [4.78, 5) is 21.5. The second-order valence-corrected chi connectivity index (χ2v) is 5.64. The Morgan fingerprint density at radius 3 is 3.00 bits per heavy atom. The Kier molecular flexibility index (Phi) is 6.69. The molecule has 6 nitrogen and oxygen atoms in total. The molecule has 2 rings (SSSR count). The molecule has 0 atom stereocenters. The van der Waals surface area contributed by atoms with Crippen molar-refractivity contribution in [3.05, 3.63) is 18.2 Å². The number of amides is 1. The van der Waals surface area contributed by atoms with Gasteiger partial charge in [-0.25, -0.2) is 4.98 Å². The molecule has 1 amide bonds. The number of nitrogens with one attached hydrogen (secondary N) is 2. The van der Waals surface area contributed by atoms with Crippen LogP contribution in [0.2, 0.25) is 0 Å². The molecular weight excluding hydrogens is 268 g/mol. The fraction of sp³-hybridized carbons (Fsp3) is 0.733. The van der Waals surface area contributed by atoms with Gasteiger partial charge in [-0.1, -0.05) is 0 Å². The molecule has 0 bridgehead atoms. The highest BCUT2D eigenvalue weighted by Gasteiger charge is 2.20. The van der Waals surface area contributed by atoms with Gasteiger partial charge in [0, 0.05) is 32.5 Å². The molecule has 2 heterocycles. The Morgan fingerprint density at radius 1 is 1.52 bits per heavy atom. The predicted octanol–water partition coefficient (Wildman–Crippen LogP) is 1.16. The Labute approximate surface area is 126 Å². The van der Waals surface area contributed by atoms with Crippen molar-refractivity contribution in [2.24, 2.45) is 5.92 Å². The first kappa shape index (κ1) is 16.0. The Balaban J connectivity index is 1.57. The van der Waals surface area contributed by atoms with E-state index in [1.165, 1.54) is 12.8 Å². The number of likely N-dealkylation sites (tertiary alicyclic amines) is 1. The van der Waals surface area contributed by atoms with Crippen molar-refractivity contribution in [2.75, 3.05) is 33.4 Å². The average molecular weight is 294 g/mol. The molecule has 2 N–H and O–H groups in total. The number of methoxy groups -OCH3 is 1. The van der Waals surface area contributed by atoms with Crippen molar-refractivity contribution in [1.29, 1.82) is 0 Å². The largest absolute Gasteiger partial charge is 0.383 e. The fourth-order valence-electron chi connectivity index (χ4n) is 2.75. The Hall–Kier alpha value is -1.40. The van der Waals surface area contributed by atoms with E-state index in [0.29, 0.717) is 25.5 Å². The summed E-state index contributed by atoms with van der Waals surface area (Å²) in [6.45, 7) is 4.28. The van der Waals surface area contributed by atoms with Gasteiger partial charge in [-0.05, 0) is 38.3 Å². The second kappa shape index (κ2) is 8.79. The molecule has 1 saturated heterocycles. The van der Waals surface area contributed by atoms with Gasteiger partial charge in [0.05, 0.1) is 13.2 Å². The molecule has 0 saturated carbocycles. The lowest BCUT2D eigenvalue weighted by molar-refractivity contribution is -0.121. The second-order valence-electron chi connectivity index (χ2n) is 5.64. The normalized spacial score (nSPS) is 17.0. The van der Waals surface area contributed by atoms with Gasteiger partial charge in [0.2, 0.25) is 5.91 Å². The number of carbonyl (C=O) groups excluding carboxylic acids is 1. The molecular formula is C15H26N4O2. The van der Waals surface area contributed by atoms with Crippen LogP contribution in [0.5, 0.6) is 0 Å². The van der Waals surface area contributed by atoms with Crippen molar-refractivity contribution in [2.45, 2.75) is 32.2 Å². The van der Waals surface area contributed by atoms with Crippen molar-refractivity contribution >= 4 is 5.91 Å². The van der Waals surface area contributed by atoms with E-state index in [4.69, 9.17) is 4.74 Å². The lowest BCUT2D eigenvalue weighted by Crippen LogP contribution is -2.34. The lowest BCUT2D eigenvalue weighted by Gasteiger charge is -2.31. The molecule has 0 unspecified atom stereocenters. The molecule has 1 aromatic rings. The van der Waals surface area contributed by atoms with Crippen molar-refractivity contribution < 1.29 is 9.53 Å². The minimum atomic E-state index is 0.144. The number of nitrogens with zero attached hydrogens (tertiary/aromatic N) is 2. The van der Waals surface area contributed by atoms with Gasteiger partial charge < -0.3 is 15.0 Å². The fourth-order valence-corrected chi connectivity index (χ4v) is 2.75. The summed E-state index contributed by atoms with van der Waals surface area (Å²) < 4.78 is 4.91. The minimum absolute atomic E-state index is 0.144. The maximum atomic E-state index is 11.6. The van der Waals surface area contributed by atoms with E-state index in [0.717, 1.165) is 31.9 Å². The Morgan fingerprint density at radius 2 is 2.33 bits per heavy atom. The highest BCUT2D eigenvalue weighted by Crippen LogP contribution is 2.22. The summed E-state index contributed by atoms with van der Waals surface area (Å²) in [5.74, 6) is 1.85. The molecule has 0 aliphatic carbocycles. The monoisotopic (exact) mass is 294 g/mol. The highest BCUT2D eigenvalue weighted by atomic mass is 16.5. The number of hydrogen-bond donors (Lipinski definition) is 2. The Bertz CT molecular complexity index is 400. The van der Waals surface area contributed by atoms with Gasteiger partial charge in [0.25, 0.3) is 0 Å². The zero-order chi connectivity index (χ0) is 14.9. The molecule has 1 aromatic heterocycles. The summed E-state index contributed by atoms with van der Waals surface area (Å²) in [5.41, 5.74) is 0. The zero-order valence-corrected chi connectivity index (χ0v) is 12.8. The third-order valence-corrected chi connectivity index (χ3v) is 4.04. The zero-order valence-electron chi connectivity index (χ0n) is 12.8. The number of H-pyrrole nitrogens is 1. The minimum Gasteiger partial charge on any atom is -0.383 e. The number of aromatic amines is 1. The van der Waals surface area contributed by atoms with Crippen LogP contribution in [0.1, 0.15) is 31.5 Å². The first-order valence-corrected chi connectivity index (χ1v) is 7.74. The van der Waals surface area contributed by atoms with Gasteiger partial charge in [0.1, 0.15) is 5.82 Å². The van der Waals surface area contributed by atoms with Gasteiger partial charge in [-0.15, -0.1) is 0 Å². The van der Waals surface area contributed by atoms with E-state index in [1.807, 2.05) is 6.20 Å². The molecule has 1 aliphatic heterocycles. The average Bonchev–Trinajstić information content (AvgIpc) is 3.00. The predicted molar refractivity (Wildman–Crippen MR) is 80.7 cm³/mol. The van der Waals surface area contributed by atoms with Crippen molar-refractivity contribution in [3.63, 3.8) is 0 Å². The van der Waals surface area contributed by atoms with Crippen LogP contribution in [-0.2, 0) is 16.1 Å². The standard InChI is InChI=1S/C15H26N4O2/c1-21-11-8-18-15(20)3-2-13-4-9-19(10-5-13)12-14-16-6-7-17-14/h6-7,13H,2-5,8-12H2,1H3,(H,16,17)(H,18,20). The number of hydrogen-bond acceptors (Lipinski definition) is 4. The van der Waals surface area contributed by atoms with Gasteiger partial charge in [-0.2, -0.15) is 0 Å². The van der Waals surface area contributed by atoms with E-state index < -0.39 is 0 Å². The number of imidazole rings is 1. The van der Waals surface area contributed by atoms with Crippen LogP contribution in [0.15, 0.2) is 12.4 Å². The quantitative estimate of drug-likeness (QED) is 0.706. The van der Waals surface area contributed by atoms with Gasteiger partial charge >= 0.3 is 0 Å². The number of ether oxygens (including phenoxy) is 1. The van der Waals surface area contributed by atoms with E-state index in [2.05, 4.69) is 20.2 Å². The number of piperidine rings is 1. The van der Waals surface area contributed by atoms with E-state index >= 15 is 0 Å². The van der Waals surface area contributed by atoms with Crippen LogP contribution in [0.3, 0.4) is 0 Å². The van der Waals surface area contributed by atoms with Crippen LogP contribution < -0.4 is 5.32 Å². The van der Waals surface area contributed by atoms with Gasteiger partial charge in [-0.3, -0.25) is 9.69 Å². The first-order valence-electron chi connectivity index (χ1n) is 7.74. The summed E-state index contributed by atoms with van der Waals surface area (Å²) >= 11 is 0. The van der Waals surface area contributed by atoms with Crippen molar-refractivity contribution in [3.8, 4) is 0 Å². The van der Waals surface area contributed by atoms with Crippen LogP contribution in [0.25, 0.3) is 0 Å². The van der Waals surface area contributed by atoms with Gasteiger partial charge in [0.15, 0.2) is 0 Å². The number of carbonyl (C=O) groups is 1. The SMILES string of the molecule is COCCNC(=O)CCC1CCN(Cc2ncc[nH]2)CC1. The third-order valence-electron chi connectivity index (χ3n) is 4.04. The van der Waals surface area contributed by atoms with E-state index in [-0.39, 0.29) is 5.91 Å².